The molecule has 0 spiro atoms. The maximum atomic E-state index is 5.85. The molecule has 0 aliphatic heterocycles. The summed E-state index contributed by atoms with van der Waals surface area (Å²) in [6.45, 7) is 0. The van der Waals surface area contributed by atoms with Gasteiger partial charge in [0.1, 0.15) is 0 Å². The van der Waals surface area contributed by atoms with Crippen molar-refractivity contribution in [2.45, 2.75) is 0 Å². The molecule has 1 heteroatoms. The molecule has 0 fully saturated rings. The molecule has 0 saturated heterocycles. The van der Waals surface area contributed by atoms with Gasteiger partial charge in [-0.1, -0.05) is 30.3 Å². The van der Waals surface area contributed by atoms with E-state index in [0.717, 1.165) is 22.3 Å². The maximum absolute atomic E-state index is 5.85. The van der Waals surface area contributed by atoms with Crippen LogP contribution in [0.25, 0.3) is 22.3 Å². The van der Waals surface area contributed by atoms with E-state index < -0.39 is 0 Å². The van der Waals surface area contributed by atoms with Crippen LogP contribution in [0.5, 0.6) is 0 Å². The number of hydrogen-bond acceptors (Lipinski definition) is 0. The highest BCUT2D eigenvalue weighted by molar-refractivity contribution is 5.78. The van der Waals surface area contributed by atoms with E-state index >= 15 is 0 Å². The topological polar surface area (TPSA) is 11.3 Å². The van der Waals surface area contributed by atoms with Crippen molar-refractivity contribution in [3.63, 3.8) is 0 Å². The van der Waals surface area contributed by atoms with Crippen molar-refractivity contribution < 1.29 is 4.42 Å². The summed E-state index contributed by atoms with van der Waals surface area (Å²) in [7, 11) is 0. The predicted octanol–water partition coefficient (Wildman–Crippen LogP) is 4.38. The quantitative estimate of drug-likeness (QED) is 0.539. The van der Waals surface area contributed by atoms with E-state index in [-0.39, 0.29) is 0 Å². The van der Waals surface area contributed by atoms with Gasteiger partial charge in [-0.05, 0) is 24.3 Å². The molecule has 0 atom stereocenters. The molecule has 1 heterocycles. The minimum absolute atomic E-state index is 0.902. The summed E-state index contributed by atoms with van der Waals surface area (Å²) in [5.41, 5.74) is 2.03. The molecule has 1 nitrogen and oxygen atoms in total. The molecule has 3 rings (SSSR count). The van der Waals surface area contributed by atoms with Crippen LogP contribution in [0, 0.1) is 0 Å². The summed E-state index contributed by atoms with van der Waals surface area (Å²) >= 11 is 0. The fourth-order valence-electron chi connectivity index (χ4n) is 1.79. The second-order valence-corrected chi connectivity index (χ2v) is 3.70. The van der Waals surface area contributed by atoms with Crippen LogP contribution in [-0.2, 0) is 0 Å². The van der Waals surface area contributed by atoms with Crippen LogP contribution in [0.1, 0.15) is 0 Å². The Balaban J connectivity index is 2.19. The van der Waals surface area contributed by atoms with Gasteiger partial charge in [0.25, 0.3) is 0 Å². The Hall–Kier alpha value is -2.15. The number of benzene rings is 2. The van der Waals surface area contributed by atoms with Crippen LogP contribution in [0.4, 0.5) is 0 Å². The van der Waals surface area contributed by atoms with Crippen molar-refractivity contribution in [3.8, 4) is 11.3 Å². The van der Waals surface area contributed by atoms with Crippen molar-refractivity contribution in [1.29, 1.82) is 0 Å². The zero-order chi connectivity index (χ0) is 10.8. The number of hydrogen-bond donors (Lipinski definition) is 0. The van der Waals surface area contributed by atoms with E-state index in [1.807, 2.05) is 60.7 Å². The lowest BCUT2D eigenvalue weighted by atomic mass is 10.1. The van der Waals surface area contributed by atoms with Crippen molar-refractivity contribution >= 4 is 11.0 Å². The summed E-state index contributed by atoms with van der Waals surface area (Å²) in [6.07, 6.45) is 0. The van der Waals surface area contributed by atoms with Gasteiger partial charge < -0.3 is 0 Å². The summed E-state index contributed by atoms with van der Waals surface area (Å²) in [5, 5.41) is 1.13. The highest BCUT2D eigenvalue weighted by Crippen LogP contribution is 2.23. The Morgan fingerprint density at radius 3 is 2.25 bits per heavy atom. The Morgan fingerprint density at radius 1 is 0.625 bits per heavy atom. The average molecular weight is 207 g/mol. The van der Waals surface area contributed by atoms with E-state index in [2.05, 4.69) is 6.07 Å². The predicted molar refractivity (Wildman–Crippen MR) is 66.1 cm³/mol. The first-order chi connectivity index (χ1) is 7.93. The van der Waals surface area contributed by atoms with Gasteiger partial charge in [0.15, 0.2) is 0 Å². The van der Waals surface area contributed by atoms with Gasteiger partial charge >= 0.3 is 11.3 Å². The number of fused-ring (bicyclic) bond motifs is 1. The van der Waals surface area contributed by atoms with Crippen molar-refractivity contribution in [3.05, 3.63) is 66.7 Å². The van der Waals surface area contributed by atoms with Crippen LogP contribution >= 0.6 is 0 Å². The largest absolute Gasteiger partial charge is 0.360 e. The fourth-order valence-corrected chi connectivity index (χ4v) is 1.79. The number of rotatable bonds is 1. The molecule has 0 bridgehead atoms. The smallest absolute Gasteiger partial charge is 0.207 e. The molecule has 0 saturated carbocycles. The maximum Gasteiger partial charge on any atom is 0.360 e. The molecule has 3 aromatic rings. The lowest BCUT2D eigenvalue weighted by Gasteiger charge is -1.91. The summed E-state index contributed by atoms with van der Waals surface area (Å²) in [4.78, 5) is 0. The van der Waals surface area contributed by atoms with E-state index in [1.54, 1.807) is 0 Å². The van der Waals surface area contributed by atoms with Gasteiger partial charge in [-0.25, -0.2) is 4.42 Å². The molecule has 0 N–H and O–H groups in total. The second kappa shape index (κ2) is 3.78. The van der Waals surface area contributed by atoms with Crippen LogP contribution in [0.2, 0.25) is 0 Å². The molecule has 0 radical (unpaired) electrons. The van der Waals surface area contributed by atoms with Crippen LogP contribution < -0.4 is 0 Å². The Morgan fingerprint density at radius 2 is 1.38 bits per heavy atom. The standard InChI is InChI=1S/C15H11O/c1-2-6-12(7-3-1)15-11-10-13-8-4-5-9-14(13)16-15/h1-11H/q+1. The first-order valence-electron chi connectivity index (χ1n) is 5.31. The molecule has 0 unspecified atom stereocenters. The molecule has 16 heavy (non-hydrogen) atoms. The monoisotopic (exact) mass is 207 g/mol. The molecule has 2 aromatic carbocycles. The van der Waals surface area contributed by atoms with Gasteiger partial charge in [-0.3, -0.25) is 0 Å². The normalized spacial score (nSPS) is 10.5. The average Bonchev–Trinajstić information content (AvgIpc) is 2.39. The zero-order valence-corrected chi connectivity index (χ0v) is 8.76. The second-order valence-electron chi connectivity index (χ2n) is 3.70. The molecule has 0 aliphatic rings. The lowest BCUT2D eigenvalue weighted by molar-refractivity contribution is 0.620. The van der Waals surface area contributed by atoms with Gasteiger partial charge in [0.2, 0.25) is 0 Å². The van der Waals surface area contributed by atoms with E-state index in [1.165, 1.54) is 0 Å². The van der Waals surface area contributed by atoms with E-state index in [0.29, 0.717) is 0 Å². The third-order valence-corrected chi connectivity index (χ3v) is 2.61. The van der Waals surface area contributed by atoms with E-state index in [9.17, 15) is 0 Å². The van der Waals surface area contributed by atoms with Gasteiger partial charge in [-0.15, -0.1) is 0 Å². The van der Waals surface area contributed by atoms with Gasteiger partial charge in [-0.2, -0.15) is 0 Å². The molecular formula is C15H11O+. The molecule has 0 amide bonds. The Labute approximate surface area is 94.0 Å². The minimum Gasteiger partial charge on any atom is -0.207 e. The molecule has 1 aromatic heterocycles. The summed E-state index contributed by atoms with van der Waals surface area (Å²) < 4.78 is 5.85. The Bertz CT molecular complexity index is 614. The summed E-state index contributed by atoms with van der Waals surface area (Å²) in [6, 6.07) is 22.3. The first-order valence-corrected chi connectivity index (χ1v) is 5.31. The highest BCUT2D eigenvalue weighted by Gasteiger charge is 2.12. The lowest BCUT2D eigenvalue weighted by Crippen LogP contribution is -1.77. The first kappa shape index (κ1) is 9.10. The highest BCUT2D eigenvalue weighted by atomic mass is 16.3. The van der Waals surface area contributed by atoms with Crippen LogP contribution in [-0.4, -0.2) is 0 Å². The molecule has 76 valence electrons. The summed E-state index contributed by atoms with van der Waals surface area (Å²) in [5.74, 6) is 0.902. The third-order valence-electron chi connectivity index (χ3n) is 2.61. The molecule has 0 aliphatic carbocycles. The van der Waals surface area contributed by atoms with Crippen LogP contribution in [0.3, 0.4) is 0 Å². The minimum atomic E-state index is 0.902. The zero-order valence-electron chi connectivity index (χ0n) is 8.76. The third kappa shape index (κ3) is 1.57. The van der Waals surface area contributed by atoms with Crippen molar-refractivity contribution in [1.82, 2.24) is 0 Å². The van der Waals surface area contributed by atoms with Crippen LogP contribution in [0.15, 0.2) is 71.1 Å². The van der Waals surface area contributed by atoms with Crippen molar-refractivity contribution in [2.24, 2.45) is 0 Å². The van der Waals surface area contributed by atoms with Crippen molar-refractivity contribution in [2.75, 3.05) is 0 Å². The van der Waals surface area contributed by atoms with Gasteiger partial charge in [0, 0.05) is 12.1 Å². The molecular weight excluding hydrogens is 196 g/mol. The Kier molecular flexibility index (Phi) is 2.15. The fraction of sp³-hybridized carbons (Fsp3) is 0. The van der Waals surface area contributed by atoms with E-state index in [4.69, 9.17) is 4.42 Å². The SMILES string of the molecule is c1ccc(-c2ccc3ccccc3[o+]2)cc1. The number of para-hydroxylation sites is 1. The van der Waals surface area contributed by atoms with Gasteiger partial charge in [0.05, 0.1) is 10.9 Å².